The number of nitrogens with zero attached hydrogens (tertiary/aromatic N) is 5. The number of carbonyl (C=O) groups is 4. The molecule has 0 radical (unpaired) electrons. The molecule has 1 aromatic rings. The van der Waals surface area contributed by atoms with Crippen LogP contribution in [0.25, 0.3) is 0 Å². The van der Waals surface area contributed by atoms with Crippen molar-refractivity contribution in [1.29, 1.82) is 5.26 Å². The van der Waals surface area contributed by atoms with Gasteiger partial charge in [0.2, 0.25) is 23.6 Å². The molecule has 2 N–H and O–H groups in total. The molecule has 2 rings (SSSR count). The van der Waals surface area contributed by atoms with E-state index >= 15 is 0 Å². The molecule has 1 saturated heterocycles. The summed E-state index contributed by atoms with van der Waals surface area (Å²) >= 11 is 0. The van der Waals surface area contributed by atoms with Crippen molar-refractivity contribution in [3.8, 4) is 6.07 Å². The number of ether oxygens (including phenoxy) is 2. The van der Waals surface area contributed by atoms with Gasteiger partial charge in [0, 0.05) is 46.0 Å². The largest absolute Gasteiger partial charge is 0.379 e. The van der Waals surface area contributed by atoms with Gasteiger partial charge in [-0.05, 0) is 50.8 Å². The molecule has 1 heterocycles. The second kappa shape index (κ2) is 21.5. The van der Waals surface area contributed by atoms with Crippen molar-refractivity contribution in [3.63, 3.8) is 0 Å². The Morgan fingerprint density at radius 1 is 1.09 bits per heavy atom. The van der Waals surface area contributed by atoms with E-state index in [-0.39, 0.29) is 67.0 Å². The summed E-state index contributed by atoms with van der Waals surface area (Å²) in [6.07, 6.45) is 0.951. The quantitative estimate of drug-likeness (QED) is 0.140. The number of nitro benzene ring substituents is 1. The predicted octanol–water partition coefficient (Wildman–Crippen LogP) is 3.16. The fourth-order valence-electron chi connectivity index (χ4n) is 7.24. The summed E-state index contributed by atoms with van der Waals surface area (Å²) in [5, 5.41) is 26.5. The van der Waals surface area contributed by atoms with Gasteiger partial charge in [-0.2, -0.15) is 5.26 Å². The number of rotatable bonds is 21. The van der Waals surface area contributed by atoms with E-state index in [0.717, 1.165) is 0 Å². The maximum atomic E-state index is 14.1. The molecule has 296 valence electrons. The number of carbonyl (C=O) groups excluding carboxylic acids is 4. The molecule has 0 saturated carbocycles. The minimum atomic E-state index is -0.760. The molecule has 0 bridgehead atoms. The van der Waals surface area contributed by atoms with Gasteiger partial charge >= 0.3 is 0 Å². The molecular weight excluding hydrogens is 682 g/mol. The molecule has 1 aliphatic heterocycles. The van der Waals surface area contributed by atoms with Crippen molar-refractivity contribution in [2.24, 2.45) is 17.8 Å². The average Bonchev–Trinajstić information content (AvgIpc) is 3.59. The monoisotopic (exact) mass is 743 g/mol. The van der Waals surface area contributed by atoms with Crippen molar-refractivity contribution in [3.05, 3.63) is 39.9 Å². The lowest BCUT2D eigenvalue weighted by Gasteiger charge is -2.41. The zero-order valence-corrected chi connectivity index (χ0v) is 33.2. The first-order valence-corrected chi connectivity index (χ1v) is 18.5. The summed E-state index contributed by atoms with van der Waals surface area (Å²) in [6, 6.07) is 5.96. The van der Waals surface area contributed by atoms with Gasteiger partial charge in [-0.15, -0.1) is 0 Å². The van der Waals surface area contributed by atoms with Crippen LogP contribution in [-0.2, 0) is 35.1 Å². The van der Waals surface area contributed by atoms with E-state index < -0.39 is 47.2 Å². The van der Waals surface area contributed by atoms with Crippen molar-refractivity contribution in [2.45, 2.75) is 110 Å². The molecule has 1 aromatic carbocycles. The zero-order chi connectivity index (χ0) is 40.0. The minimum absolute atomic E-state index is 0.0000854. The van der Waals surface area contributed by atoms with Crippen LogP contribution in [0.2, 0.25) is 0 Å². The standard InChI is InChI=1S/C38H61N7O8/c1-11-25(4)35(43(8)38(49)34(24(2)3)41-32(46)23-42(6)7)31(52-9)22-33(47)44-19-13-16-30(44)36(53-10)26(5)37(48)40-28(17-18-39)20-27-14-12-15-29(21-27)45(50)51/h12,14-15,21,24-26,28,30-31,34-36H,11,13,16-17,19-20,22-23H2,1-10H3,(H,40,48)(H,41,46)/t25-,26+,28+,30-,31+,34-,35-,36+/m0/s1. The maximum absolute atomic E-state index is 14.1. The number of nitriles is 1. The van der Waals surface area contributed by atoms with Crippen LogP contribution in [0.3, 0.4) is 0 Å². The summed E-state index contributed by atoms with van der Waals surface area (Å²) in [5.74, 6) is -1.97. The van der Waals surface area contributed by atoms with Crippen LogP contribution in [0.4, 0.5) is 5.69 Å². The molecule has 8 atom stereocenters. The predicted molar refractivity (Wildman–Crippen MR) is 200 cm³/mol. The number of nitrogens with one attached hydrogen (secondary N) is 2. The summed E-state index contributed by atoms with van der Waals surface area (Å²) in [5.41, 5.74) is 0.546. The van der Waals surface area contributed by atoms with E-state index in [2.05, 4.69) is 16.7 Å². The lowest BCUT2D eigenvalue weighted by molar-refractivity contribution is -0.384. The third-order valence-corrected chi connectivity index (χ3v) is 10.3. The second-order valence-electron chi connectivity index (χ2n) is 14.8. The second-order valence-corrected chi connectivity index (χ2v) is 14.8. The van der Waals surface area contributed by atoms with E-state index in [0.29, 0.717) is 31.4 Å². The molecule has 1 fully saturated rings. The molecular formula is C38H61N7O8. The Kier molecular flexibility index (Phi) is 18.3. The number of hydrogen-bond donors (Lipinski definition) is 2. The highest BCUT2D eigenvalue weighted by molar-refractivity contribution is 5.89. The van der Waals surface area contributed by atoms with E-state index in [1.807, 2.05) is 27.7 Å². The highest BCUT2D eigenvalue weighted by atomic mass is 16.6. The lowest BCUT2D eigenvalue weighted by Crippen LogP contribution is -2.58. The Labute approximate surface area is 314 Å². The highest BCUT2D eigenvalue weighted by Gasteiger charge is 2.43. The van der Waals surface area contributed by atoms with E-state index in [1.165, 1.54) is 26.4 Å². The number of likely N-dealkylation sites (N-methyl/N-ethyl adjacent to an activating group) is 2. The number of non-ortho nitro benzene ring substituents is 1. The van der Waals surface area contributed by atoms with E-state index in [4.69, 9.17) is 9.47 Å². The maximum Gasteiger partial charge on any atom is 0.269 e. The van der Waals surface area contributed by atoms with Crippen molar-refractivity contribution < 1.29 is 33.6 Å². The molecule has 0 unspecified atom stereocenters. The van der Waals surface area contributed by atoms with Gasteiger partial charge in [0.25, 0.3) is 5.69 Å². The molecule has 1 aliphatic rings. The van der Waals surface area contributed by atoms with Crippen LogP contribution in [-0.4, -0.2) is 128 Å². The van der Waals surface area contributed by atoms with Crippen LogP contribution in [0.1, 0.15) is 72.3 Å². The van der Waals surface area contributed by atoms with Gasteiger partial charge in [0.15, 0.2) is 0 Å². The third kappa shape index (κ3) is 12.8. The fourth-order valence-corrected chi connectivity index (χ4v) is 7.24. The molecule has 15 heteroatoms. The van der Waals surface area contributed by atoms with Crippen molar-refractivity contribution in [1.82, 2.24) is 25.3 Å². The Hall–Kier alpha value is -4.13. The summed E-state index contributed by atoms with van der Waals surface area (Å²) in [4.78, 5) is 70.2. The van der Waals surface area contributed by atoms with Gasteiger partial charge in [0.05, 0.1) is 60.6 Å². The number of methoxy groups -OCH3 is 2. The Morgan fingerprint density at radius 3 is 2.32 bits per heavy atom. The van der Waals surface area contributed by atoms with Crippen molar-refractivity contribution >= 4 is 29.3 Å². The highest BCUT2D eigenvalue weighted by Crippen LogP contribution is 2.30. The SMILES string of the molecule is CC[C@H](C)[C@@H]([C@@H](CC(=O)N1CCC[C@H]1[C@H](OC)[C@@H](C)C(=O)N[C@H](CC#N)Cc1cccc([N+](=O)[O-])c1)OC)N(C)C(=O)[C@@H](NC(=O)CN(C)C)C(C)C. The lowest BCUT2D eigenvalue weighted by atomic mass is 9.89. The van der Waals surface area contributed by atoms with Crippen LogP contribution in [0.15, 0.2) is 24.3 Å². The van der Waals surface area contributed by atoms with Crippen LogP contribution >= 0.6 is 0 Å². The molecule has 0 spiro atoms. The smallest absolute Gasteiger partial charge is 0.269 e. The fraction of sp³-hybridized carbons (Fsp3) is 0.711. The van der Waals surface area contributed by atoms with Gasteiger partial charge in [-0.3, -0.25) is 29.3 Å². The van der Waals surface area contributed by atoms with Gasteiger partial charge in [0.1, 0.15) is 6.04 Å². The first kappa shape index (κ1) is 45.0. The normalized spacial score (nSPS) is 18.3. The first-order chi connectivity index (χ1) is 25.0. The molecule has 53 heavy (non-hydrogen) atoms. The summed E-state index contributed by atoms with van der Waals surface area (Å²) < 4.78 is 11.9. The average molecular weight is 744 g/mol. The Morgan fingerprint density at radius 2 is 1.77 bits per heavy atom. The first-order valence-electron chi connectivity index (χ1n) is 18.5. The number of hydrogen-bond acceptors (Lipinski definition) is 10. The zero-order valence-electron chi connectivity index (χ0n) is 33.2. The molecule has 0 aliphatic carbocycles. The third-order valence-electron chi connectivity index (χ3n) is 10.3. The molecule has 0 aromatic heterocycles. The van der Waals surface area contributed by atoms with Gasteiger partial charge in [-0.25, -0.2) is 0 Å². The number of amides is 4. The van der Waals surface area contributed by atoms with E-state index in [1.54, 1.807) is 54.9 Å². The van der Waals surface area contributed by atoms with Crippen molar-refractivity contribution in [2.75, 3.05) is 48.5 Å². The Bertz CT molecular complexity index is 1430. The number of likely N-dealkylation sites (tertiary alicyclic amines) is 1. The van der Waals surface area contributed by atoms with Crippen LogP contribution in [0, 0.1) is 39.2 Å². The Balaban J connectivity index is 2.25. The summed E-state index contributed by atoms with van der Waals surface area (Å²) in [7, 11) is 8.29. The number of nitro groups is 1. The minimum Gasteiger partial charge on any atom is -0.379 e. The van der Waals surface area contributed by atoms with Gasteiger partial charge < -0.3 is 34.8 Å². The van der Waals surface area contributed by atoms with Crippen LogP contribution in [0.5, 0.6) is 0 Å². The number of benzene rings is 1. The van der Waals surface area contributed by atoms with Gasteiger partial charge in [-0.1, -0.05) is 53.2 Å². The molecule has 15 nitrogen and oxygen atoms in total. The van der Waals surface area contributed by atoms with Crippen LogP contribution < -0.4 is 10.6 Å². The summed E-state index contributed by atoms with van der Waals surface area (Å²) in [6.45, 7) is 10.1. The topological polar surface area (TPSA) is 187 Å². The molecule has 4 amide bonds. The van der Waals surface area contributed by atoms with E-state index in [9.17, 15) is 34.6 Å².